The van der Waals surface area contributed by atoms with Gasteiger partial charge in [0.1, 0.15) is 0 Å². The molecule has 1 aromatic heterocycles. The molecule has 5 nitrogen and oxygen atoms in total. The highest BCUT2D eigenvalue weighted by atomic mass is 15.4. The number of anilines is 3. The fourth-order valence-electron chi connectivity index (χ4n) is 6.45. The lowest BCUT2D eigenvalue weighted by Crippen LogP contribution is -2.25. The number of allylic oxidation sites excluding steroid dienone is 4. The standard InChI is InChI=1S/C44H35N5/c45-40-16-7-8-17-43(40)49(46)37-26-24-30(25-27-37)36-23-20-31-14-9-15-38(39(31)28-36)32-18-21-34(22-19-32)42-29-41(33-10-3-1-4-11-33)47-44(48-42)35-12-5-2-6-13-35/h1,3-5,7-29H,2,6,45-46H2. The zero-order valence-electron chi connectivity index (χ0n) is 27.0. The van der Waals surface area contributed by atoms with Crippen LogP contribution < -0.4 is 16.6 Å². The van der Waals surface area contributed by atoms with Gasteiger partial charge in [0, 0.05) is 16.7 Å². The van der Waals surface area contributed by atoms with E-state index in [0.717, 1.165) is 74.8 Å². The maximum atomic E-state index is 6.43. The highest BCUT2D eigenvalue weighted by Gasteiger charge is 2.14. The van der Waals surface area contributed by atoms with Crippen molar-refractivity contribution >= 4 is 33.4 Å². The Balaban J connectivity index is 1.12. The number of rotatable bonds is 7. The predicted octanol–water partition coefficient (Wildman–Crippen LogP) is 10.6. The highest BCUT2D eigenvalue weighted by Crippen LogP contribution is 2.35. The smallest absolute Gasteiger partial charge is 0.160 e. The lowest BCUT2D eigenvalue weighted by Gasteiger charge is -2.20. The van der Waals surface area contributed by atoms with E-state index in [4.69, 9.17) is 21.5 Å². The third-order valence-electron chi connectivity index (χ3n) is 9.10. The van der Waals surface area contributed by atoms with E-state index in [1.54, 1.807) is 5.01 Å². The lowest BCUT2D eigenvalue weighted by molar-refractivity contribution is 1.03. The Morgan fingerprint density at radius 2 is 1.22 bits per heavy atom. The lowest BCUT2D eigenvalue weighted by atomic mass is 9.94. The molecule has 1 aliphatic carbocycles. The van der Waals surface area contributed by atoms with Crippen LogP contribution >= 0.6 is 0 Å². The molecule has 0 aliphatic heterocycles. The van der Waals surface area contributed by atoms with Gasteiger partial charge in [0.15, 0.2) is 5.82 Å². The van der Waals surface area contributed by atoms with Gasteiger partial charge in [0.2, 0.25) is 0 Å². The molecule has 6 aromatic carbocycles. The molecule has 0 radical (unpaired) electrons. The Morgan fingerprint density at radius 3 is 1.96 bits per heavy atom. The Bertz CT molecular complexity index is 2340. The molecule has 5 heteroatoms. The summed E-state index contributed by atoms with van der Waals surface area (Å²) in [6, 6.07) is 50.1. The van der Waals surface area contributed by atoms with Crippen molar-refractivity contribution in [1.82, 2.24) is 9.97 Å². The van der Waals surface area contributed by atoms with E-state index in [2.05, 4.69) is 109 Å². The molecular formula is C44H35N5. The van der Waals surface area contributed by atoms with E-state index >= 15 is 0 Å². The average Bonchev–Trinajstić information content (AvgIpc) is 3.18. The molecule has 7 aromatic rings. The number of aromatic nitrogens is 2. The zero-order valence-corrected chi connectivity index (χ0v) is 27.0. The van der Waals surface area contributed by atoms with Gasteiger partial charge in [-0.2, -0.15) is 0 Å². The number of nitrogens with zero attached hydrogens (tertiary/aromatic N) is 3. The molecule has 0 amide bonds. The predicted molar refractivity (Wildman–Crippen MR) is 205 cm³/mol. The molecule has 4 N–H and O–H groups in total. The van der Waals surface area contributed by atoms with Gasteiger partial charge in [0.05, 0.1) is 28.5 Å². The van der Waals surface area contributed by atoms with E-state index in [9.17, 15) is 0 Å². The van der Waals surface area contributed by atoms with Crippen LogP contribution in [0, 0.1) is 0 Å². The Labute approximate surface area is 286 Å². The maximum absolute atomic E-state index is 6.43. The second kappa shape index (κ2) is 13.1. The molecule has 0 saturated carbocycles. The third kappa shape index (κ3) is 6.11. The molecule has 1 heterocycles. The summed E-state index contributed by atoms with van der Waals surface area (Å²) in [6.07, 6.45) is 8.62. The van der Waals surface area contributed by atoms with Crippen LogP contribution in [-0.2, 0) is 0 Å². The van der Waals surface area contributed by atoms with Gasteiger partial charge in [-0.1, -0.05) is 127 Å². The number of nitrogens with two attached hydrogens (primary N) is 2. The van der Waals surface area contributed by atoms with Crippen LogP contribution in [0.25, 0.3) is 61.1 Å². The number of para-hydroxylation sites is 2. The second-order valence-electron chi connectivity index (χ2n) is 12.3. The molecule has 0 spiro atoms. The molecule has 236 valence electrons. The summed E-state index contributed by atoms with van der Waals surface area (Å²) in [6.45, 7) is 0. The van der Waals surface area contributed by atoms with Crippen molar-refractivity contribution in [2.24, 2.45) is 5.84 Å². The Hall–Kier alpha value is -6.30. The van der Waals surface area contributed by atoms with Gasteiger partial charge in [-0.25, -0.2) is 15.8 Å². The van der Waals surface area contributed by atoms with E-state index in [-0.39, 0.29) is 0 Å². The van der Waals surface area contributed by atoms with Crippen molar-refractivity contribution in [1.29, 1.82) is 0 Å². The molecule has 0 unspecified atom stereocenters. The maximum Gasteiger partial charge on any atom is 0.160 e. The number of hydrogen-bond acceptors (Lipinski definition) is 5. The molecule has 0 fully saturated rings. The normalized spacial score (nSPS) is 12.6. The largest absolute Gasteiger partial charge is 0.397 e. The molecular weight excluding hydrogens is 599 g/mol. The number of nitrogen functional groups attached to an aromatic ring is 1. The first-order valence-corrected chi connectivity index (χ1v) is 16.6. The summed E-state index contributed by atoms with van der Waals surface area (Å²) in [5, 5.41) is 4.01. The van der Waals surface area contributed by atoms with Gasteiger partial charge < -0.3 is 5.73 Å². The number of hydrazine groups is 1. The van der Waals surface area contributed by atoms with Crippen LogP contribution in [0.3, 0.4) is 0 Å². The van der Waals surface area contributed by atoms with E-state index in [1.807, 2.05) is 54.6 Å². The minimum absolute atomic E-state index is 0.636. The van der Waals surface area contributed by atoms with Gasteiger partial charge in [-0.3, -0.25) is 5.01 Å². The van der Waals surface area contributed by atoms with Crippen molar-refractivity contribution in [2.45, 2.75) is 12.8 Å². The average molecular weight is 634 g/mol. The quantitative estimate of drug-likeness (QED) is 0.104. The van der Waals surface area contributed by atoms with Gasteiger partial charge >= 0.3 is 0 Å². The van der Waals surface area contributed by atoms with Crippen LogP contribution in [0.4, 0.5) is 17.1 Å². The summed E-state index contributed by atoms with van der Waals surface area (Å²) < 4.78 is 0. The van der Waals surface area contributed by atoms with Gasteiger partial charge in [-0.15, -0.1) is 0 Å². The van der Waals surface area contributed by atoms with E-state index in [0.29, 0.717) is 5.69 Å². The second-order valence-corrected chi connectivity index (χ2v) is 12.3. The molecule has 1 aliphatic rings. The SMILES string of the molecule is Nc1ccccc1N(N)c1ccc(-c2ccc3cccc(-c4ccc(-c5cc(-c6ccccc6)nc(C6=CCCC=C6)n5)cc4)c3c2)cc1. The molecule has 8 rings (SSSR count). The third-order valence-corrected chi connectivity index (χ3v) is 9.10. The summed E-state index contributed by atoms with van der Waals surface area (Å²) in [5.41, 5.74) is 18.0. The fraction of sp³-hybridized carbons (Fsp3) is 0.0455. The molecule has 0 saturated heterocycles. The summed E-state index contributed by atoms with van der Waals surface area (Å²) in [4.78, 5) is 10.0. The molecule has 49 heavy (non-hydrogen) atoms. The van der Waals surface area contributed by atoms with Gasteiger partial charge in [-0.05, 0) is 82.3 Å². The first-order valence-electron chi connectivity index (χ1n) is 16.6. The van der Waals surface area contributed by atoms with Gasteiger partial charge in [0.25, 0.3) is 0 Å². The summed E-state index contributed by atoms with van der Waals surface area (Å²) >= 11 is 0. The van der Waals surface area contributed by atoms with Crippen molar-refractivity contribution in [3.05, 3.63) is 170 Å². The molecule has 0 bridgehead atoms. The van der Waals surface area contributed by atoms with Crippen molar-refractivity contribution < 1.29 is 0 Å². The van der Waals surface area contributed by atoms with Crippen LogP contribution in [0.2, 0.25) is 0 Å². The highest BCUT2D eigenvalue weighted by molar-refractivity contribution is 5.99. The van der Waals surface area contributed by atoms with Crippen LogP contribution in [-0.4, -0.2) is 9.97 Å². The van der Waals surface area contributed by atoms with Crippen LogP contribution in [0.5, 0.6) is 0 Å². The van der Waals surface area contributed by atoms with E-state index in [1.165, 1.54) is 16.3 Å². The first-order chi connectivity index (χ1) is 24.1. The first kappa shape index (κ1) is 30.1. The molecule has 0 atom stereocenters. The van der Waals surface area contributed by atoms with Crippen molar-refractivity contribution in [3.63, 3.8) is 0 Å². The van der Waals surface area contributed by atoms with Crippen molar-refractivity contribution in [2.75, 3.05) is 10.7 Å². The minimum atomic E-state index is 0.636. The van der Waals surface area contributed by atoms with Crippen molar-refractivity contribution in [3.8, 4) is 44.8 Å². The zero-order chi connectivity index (χ0) is 33.2. The topological polar surface area (TPSA) is 81.1 Å². The fourth-order valence-corrected chi connectivity index (χ4v) is 6.45. The van der Waals surface area contributed by atoms with Crippen LogP contribution in [0.1, 0.15) is 18.7 Å². The summed E-state index contributed by atoms with van der Waals surface area (Å²) in [7, 11) is 0. The summed E-state index contributed by atoms with van der Waals surface area (Å²) in [5.74, 6) is 7.19. The Kier molecular flexibility index (Phi) is 8.02. The monoisotopic (exact) mass is 633 g/mol. The van der Waals surface area contributed by atoms with Crippen LogP contribution in [0.15, 0.2) is 164 Å². The number of fused-ring (bicyclic) bond motifs is 1. The minimum Gasteiger partial charge on any atom is -0.397 e. The number of benzene rings is 6. The Morgan fingerprint density at radius 1 is 0.551 bits per heavy atom. The number of hydrogen-bond donors (Lipinski definition) is 2. The van der Waals surface area contributed by atoms with E-state index < -0.39 is 0 Å².